The van der Waals surface area contributed by atoms with Crippen molar-refractivity contribution in [2.75, 3.05) is 39.1 Å². The van der Waals surface area contributed by atoms with Crippen LogP contribution in [0.4, 0.5) is 11.4 Å². The van der Waals surface area contributed by atoms with Gasteiger partial charge in [-0.2, -0.15) is 0 Å². The highest BCUT2D eigenvalue weighted by atomic mass is 16.6. The zero-order chi connectivity index (χ0) is 19.4. The normalized spacial score (nSPS) is 21.1. The van der Waals surface area contributed by atoms with Gasteiger partial charge in [-0.3, -0.25) is 14.9 Å². The van der Waals surface area contributed by atoms with Gasteiger partial charge in [-0.25, -0.2) is 0 Å². The number of piperidine rings is 1. The summed E-state index contributed by atoms with van der Waals surface area (Å²) in [4.78, 5) is 25.5. The van der Waals surface area contributed by atoms with E-state index in [1.165, 1.54) is 19.2 Å². The molecule has 0 spiro atoms. The van der Waals surface area contributed by atoms with Gasteiger partial charge < -0.3 is 25.4 Å². The van der Waals surface area contributed by atoms with Gasteiger partial charge in [0.05, 0.1) is 23.7 Å². The lowest BCUT2D eigenvalue weighted by molar-refractivity contribution is -0.383. The number of hydrogen-bond donors (Lipinski definition) is 2. The molecule has 0 saturated carbocycles. The SMILES string of the molecule is COc1cc(N)c([N+](=O)[O-])cc1C(=O)NC1CCN(C[C@H]2CCCO2)CC1. The fourth-order valence-corrected chi connectivity index (χ4v) is 3.69. The average Bonchev–Trinajstić information content (AvgIpc) is 3.15. The zero-order valence-electron chi connectivity index (χ0n) is 15.5. The number of nitro groups is 1. The molecule has 9 heteroatoms. The third-order valence-corrected chi connectivity index (χ3v) is 5.20. The zero-order valence-corrected chi connectivity index (χ0v) is 15.5. The van der Waals surface area contributed by atoms with E-state index < -0.39 is 4.92 Å². The standard InChI is InChI=1S/C18H26N4O5/c1-26-17-10-15(19)16(22(24)25)9-14(17)18(23)20-12-4-6-21(7-5-12)11-13-3-2-8-27-13/h9-10,12-13H,2-8,11,19H2,1H3,(H,20,23)/t13-/m1/s1. The Morgan fingerprint density at radius 1 is 1.41 bits per heavy atom. The minimum Gasteiger partial charge on any atom is -0.496 e. The van der Waals surface area contributed by atoms with Crippen molar-refractivity contribution < 1.29 is 19.2 Å². The van der Waals surface area contributed by atoms with Crippen molar-refractivity contribution in [3.63, 3.8) is 0 Å². The summed E-state index contributed by atoms with van der Waals surface area (Å²) in [6.07, 6.45) is 4.24. The number of amides is 1. The highest BCUT2D eigenvalue weighted by Crippen LogP contribution is 2.30. The summed E-state index contributed by atoms with van der Waals surface area (Å²) in [7, 11) is 1.40. The lowest BCUT2D eigenvalue weighted by Gasteiger charge is -2.33. The van der Waals surface area contributed by atoms with Crippen LogP contribution in [0.3, 0.4) is 0 Å². The molecule has 2 fully saturated rings. The molecule has 0 radical (unpaired) electrons. The highest BCUT2D eigenvalue weighted by Gasteiger charge is 2.27. The fraction of sp³-hybridized carbons (Fsp3) is 0.611. The number of likely N-dealkylation sites (tertiary alicyclic amines) is 1. The Morgan fingerprint density at radius 3 is 2.74 bits per heavy atom. The first-order valence-electron chi connectivity index (χ1n) is 9.24. The highest BCUT2D eigenvalue weighted by molar-refractivity contribution is 5.98. The van der Waals surface area contributed by atoms with Gasteiger partial charge in [0.1, 0.15) is 11.4 Å². The molecule has 1 aromatic carbocycles. The number of hydrogen-bond acceptors (Lipinski definition) is 7. The average molecular weight is 378 g/mol. The van der Waals surface area contributed by atoms with Crippen LogP contribution in [0.15, 0.2) is 12.1 Å². The summed E-state index contributed by atoms with van der Waals surface area (Å²) in [5, 5.41) is 14.1. The molecule has 0 aromatic heterocycles. The van der Waals surface area contributed by atoms with Crippen LogP contribution < -0.4 is 15.8 Å². The molecule has 2 aliphatic rings. The summed E-state index contributed by atoms with van der Waals surface area (Å²) in [6, 6.07) is 2.52. The smallest absolute Gasteiger partial charge is 0.293 e. The van der Waals surface area contributed by atoms with Crippen molar-refractivity contribution in [3.05, 3.63) is 27.8 Å². The summed E-state index contributed by atoms with van der Waals surface area (Å²) >= 11 is 0. The number of rotatable bonds is 6. The first-order chi connectivity index (χ1) is 13.0. The van der Waals surface area contributed by atoms with E-state index in [1.54, 1.807) is 0 Å². The minimum atomic E-state index is -0.602. The van der Waals surface area contributed by atoms with E-state index in [-0.39, 0.29) is 34.6 Å². The van der Waals surface area contributed by atoms with Crippen LogP contribution in [0, 0.1) is 10.1 Å². The molecule has 1 atom stereocenters. The van der Waals surface area contributed by atoms with Crippen LogP contribution in [0.5, 0.6) is 5.75 Å². The number of anilines is 1. The number of nitrogens with one attached hydrogen (secondary N) is 1. The predicted molar refractivity (Wildman–Crippen MR) is 100.0 cm³/mol. The van der Waals surface area contributed by atoms with Crippen LogP contribution in [0.2, 0.25) is 0 Å². The predicted octanol–water partition coefficient (Wildman–Crippen LogP) is 1.56. The maximum absolute atomic E-state index is 12.7. The Balaban J connectivity index is 1.59. The molecule has 1 amide bonds. The monoisotopic (exact) mass is 378 g/mol. The molecule has 148 valence electrons. The Labute approximate surface area is 157 Å². The number of nitrogens with two attached hydrogens (primary N) is 1. The van der Waals surface area contributed by atoms with E-state index in [0.29, 0.717) is 6.10 Å². The molecule has 27 heavy (non-hydrogen) atoms. The quantitative estimate of drug-likeness (QED) is 0.438. The van der Waals surface area contributed by atoms with Crippen molar-refractivity contribution in [2.45, 2.75) is 37.8 Å². The number of carbonyl (C=O) groups excluding carboxylic acids is 1. The Morgan fingerprint density at radius 2 is 2.15 bits per heavy atom. The van der Waals surface area contributed by atoms with E-state index in [9.17, 15) is 14.9 Å². The molecule has 9 nitrogen and oxygen atoms in total. The van der Waals surface area contributed by atoms with Crippen molar-refractivity contribution in [1.29, 1.82) is 0 Å². The van der Waals surface area contributed by atoms with Gasteiger partial charge >= 0.3 is 0 Å². The van der Waals surface area contributed by atoms with E-state index in [0.717, 1.165) is 51.9 Å². The molecule has 0 aliphatic carbocycles. The summed E-state index contributed by atoms with van der Waals surface area (Å²) in [5.41, 5.74) is 5.46. The molecular formula is C18H26N4O5. The van der Waals surface area contributed by atoms with Crippen molar-refractivity contribution in [1.82, 2.24) is 10.2 Å². The first kappa shape index (κ1) is 19.4. The third-order valence-electron chi connectivity index (χ3n) is 5.20. The van der Waals surface area contributed by atoms with E-state index in [2.05, 4.69) is 10.2 Å². The second kappa shape index (κ2) is 8.53. The molecule has 2 heterocycles. The van der Waals surface area contributed by atoms with Crippen LogP contribution in [0.25, 0.3) is 0 Å². The van der Waals surface area contributed by atoms with Gasteiger partial charge in [-0.1, -0.05) is 0 Å². The van der Waals surface area contributed by atoms with Crippen LogP contribution in [-0.2, 0) is 4.74 Å². The van der Waals surface area contributed by atoms with Gasteiger partial charge in [-0.15, -0.1) is 0 Å². The molecule has 1 aromatic rings. The van der Waals surface area contributed by atoms with Gasteiger partial charge in [0.2, 0.25) is 0 Å². The first-order valence-corrected chi connectivity index (χ1v) is 9.24. The molecule has 2 aliphatic heterocycles. The molecule has 2 saturated heterocycles. The Kier molecular flexibility index (Phi) is 6.12. The number of carbonyl (C=O) groups is 1. The topological polar surface area (TPSA) is 120 Å². The van der Waals surface area contributed by atoms with Crippen LogP contribution in [0.1, 0.15) is 36.0 Å². The maximum Gasteiger partial charge on any atom is 0.293 e. The van der Waals surface area contributed by atoms with Gasteiger partial charge in [-0.05, 0) is 25.7 Å². The minimum absolute atomic E-state index is 0.0274. The third kappa shape index (κ3) is 4.67. The van der Waals surface area contributed by atoms with E-state index >= 15 is 0 Å². The number of nitrogens with zero attached hydrogens (tertiary/aromatic N) is 2. The van der Waals surface area contributed by atoms with Gasteiger partial charge in [0, 0.05) is 44.4 Å². The van der Waals surface area contributed by atoms with Crippen molar-refractivity contribution >= 4 is 17.3 Å². The number of benzene rings is 1. The Bertz CT molecular complexity index is 697. The number of nitrogen functional groups attached to an aromatic ring is 1. The molecule has 0 bridgehead atoms. The maximum atomic E-state index is 12.7. The van der Waals surface area contributed by atoms with Crippen molar-refractivity contribution in [2.24, 2.45) is 0 Å². The summed E-state index contributed by atoms with van der Waals surface area (Å²) in [5.74, 6) is -0.154. The van der Waals surface area contributed by atoms with E-state index in [1.807, 2.05) is 0 Å². The second-order valence-corrected chi connectivity index (χ2v) is 7.05. The largest absolute Gasteiger partial charge is 0.496 e. The summed E-state index contributed by atoms with van der Waals surface area (Å²) in [6.45, 7) is 3.58. The number of nitro benzene ring substituents is 1. The van der Waals surface area contributed by atoms with Crippen LogP contribution >= 0.6 is 0 Å². The number of ether oxygens (including phenoxy) is 2. The Hall–Kier alpha value is -2.39. The molecule has 3 N–H and O–H groups in total. The second-order valence-electron chi connectivity index (χ2n) is 7.05. The summed E-state index contributed by atoms with van der Waals surface area (Å²) < 4.78 is 10.9. The molecule has 3 rings (SSSR count). The molecular weight excluding hydrogens is 352 g/mol. The van der Waals surface area contributed by atoms with Gasteiger partial charge in [0.25, 0.3) is 11.6 Å². The number of methoxy groups -OCH3 is 1. The van der Waals surface area contributed by atoms with Crippen LogP contribution in [-0.4, -0.2) is 61.2 Å². The lowest BCUT2D eigenvalue weighted by atomic mass is 10.0. The fourth-order valence-electron chi connectivity index (χ4n) is 3.69. The van der Waals surface area contributed by atoms with E-state index in [4.69, 9.17) is 15.2 Å². The van der Waals surface area contributed by atoms with Gasteiger partial charge in [0.15, 0.2) is 0 Å². The molecule has 0 unspecified atom stereocenters. The lowest BCUT2D eigenvalue weighted by Crippen LogP contribution is -2.46. The van der Waals surface area contributed by atoms with Crippen molar-refractivity contribution in [3.8, 4) is 5.75 Å².